The lowest BCUT2D eigenvalue weighted by molar-refractivity contribution is 0.363. The first-order valence-electron chi connectivity index (χ1n) is 13.1. The van der Waals surface area contributed by atoms with Gasteiger partial charge in [-0.25, -0.2) is 0 Å². The second-order valence-electron chi connectivity index (χ2n) is 7.88. The first kappa shape index (κ1) is 39.6. The minimum atomic E-state index is -3.81. The molecule has 8 heteroatoms. The zero-order valence-electron chi connectivity index (χ0n) is 22.4. The van der Waals surface area contributed by atoms with Crippen LogP contribution < -0.4 is 16.0 Å². The maximum absolute atomic E-state index is 7.56. The summed E-state index contributed by atoms with van der Waals surface area (Å²) in [5, 5.41) is 10.2. The van der Waals surface area contributed by atoms with Crippen LogP contribution in [0, 0.1) is 0 Å². The highest BCUT2D eigenvalue weighted by atomic mass is 32.5. The van der Waals surface area contributed by atoms with E-state index in [1.54, 1.807) is 0 Å². The van der Waals surface area contributed by atoms with Crippen molar-refractivity contribution in [3.8, 4) is 0 Å². The molecule has 0 fully saturated rings. The normalized spacial score (nSPS) is 10.3. The van der Waals surface area contributed by atoms with Crippen molar-refractivity contribution in [1.82, 2.24) is 16.0 Å². The summed E-state index contributed by atoms with van der Waals surface area (Å²) in [5.74, 6) is 0. The Balaban J connectivity index is -0.000000167. The highest BCUT2D eigenvalue weighted by Gasteiger charge is 1.92. The topological polar surface area (TPSA) is 96.8 Å². The number of unbranched alkanes of at least 4 members (excludes halogenated alkanes) is 6. The molecule has 0 aliphatic carbocycles. The fourth-order valence-electron chi connectivity index (χ4n) is 2.19. The van der Waals surface area contributed by atoms with Crippen LogP contribution in [0.2, 0.25) is 0 Å². The predicted molar refractivity (Wildman–Crippen MR) is 149 cm³/mol. The smallest absolute Gasteiger partial charge is 0.319 e. The van der Waals surface area contributed by atoms with Gasteiger partial charge in [-0.05, 0) is 89.6 Å². The SMILES string of the molecule is CCCCNCCCC.CCCCNCCCC.CCCCNCCCC.OP(O)(O)=S. The van der Waals surface area contributed by atoms with E-state index in [4.69, 9.17) is 14.7 Å². The summed E-state index contributed by atoms with van der Waals surface area (Å²) in [5.41, 5.74) is 0. The summed E-state index contributed by atoms with van der Waals surface area (Å²) >= 11 is 3.60. The van der Waals surface area contributed by atoms with Gasteiger partial charge in [0.2, 0.25) is 0 Å². The maximum Gasteiger partial charge on any atom is 0.319 e. The highest BCUT2D eigenvalue weighted by molar-refractivity contribution is 8.06. The fourth-order valence-corrected chi connectivity index (χ4v) is 2.19. The molecule has 0 amide bonds. The molecule has 0 radical (unpaired) electrons. The Labute approximate surface area is 207 Å². The largest absolute Gasteiger partial charge is 0.325 e. The van der Waals surface area contributed by atoms with E-state index in [-0.39, 0.29) is 0 Å². The van der Waals surface area contributed by atoms with Gasteiger partial charge in [0.25, 0.3) is 0 Å². The number of rotatable bonds is 18. The van der Waals surface area contributed by atoms with Crippen molar-refractivity contribution in [3.05, 3.63) is 0 Å². The molecule has 0 rings (SSSR count). The summed E-state index contributed by atoms with van der Waals surface area (Å²) in [4.78, 5) is 22.7. The summed E-state index contributed by atoms with van der Waals surface area (Å²) in [6.07, 6.45) is 15.8. The van der Waals surface area contributed by atoms with Crippen molar-refractivity contribution in [2.45, 2.75) is 119 Å². The van der Waals surface area contributed by atoms with Gasteiger partial charge in [0.05, 0.1) is 0 Å². The third-order valence-corrected chi connectivity index (χ3v) is 4.24. The summed E-state index contributed by atoms with van der Waals surface area (Å²) in [6, 6.07) is 0. The Morgan fingerprint density at radius 3 is 0.656 bits per heavy atom. The van der Waals surface area contributed by atoms with Crippen LogP contribution in [0.3, 0.4) is 0 Å². The Kier molecular flexibility index (Phi) is 47.9. The number of hydrogen-bond acceptors (Lipinski definition) is 4. The lowest BCUT2D eigenvalue weighted by Crippen LogP contribution is -2.15. The molecule has 0 bridgehead atoms. The Morgan fingerprint density at radius 2 is 0.562 bits per heavy atom. The van der Waals surface area contributed by atoms with Crippen molar-refractivity contribution in [3.63, 3.8) is 0 Å². The van der Waals surface area contributed by atoms with Gasteiger partial charge < -0.3 is 30.6 Å². The Morgan fingerprint density at radius 1 is 0.438 bits per heavy atom. The van der Waals surface area contributed by atoms with E-state index in [9.17, 15) is 0 Å². The molecule has 0 saturated carbocycles. The number of nitrogens with one attached hydrogen (secondary N) is 3. The zero-order chi connectivity index (χ0) is 25.3. The first-order chi connectivity index (χ1) is 15.2. The monoisotopic (exact) mass is 501 g/mol. The molecule has 6 N–H and O–H groups in total. The third kappa shape index (κ3) is 77.6. The highest BCUT2D eigenvalue weighted by Crippen LogP contribution is 2.26. The average Bonchev–Trinajstić information content (AvgIpc) is 2.73. The van der Waals surface area contributed by atoms with Crippen LogP contribution in [0.5, 0.6) is 0 Å². The van der Waals surface area contributed by atoms with Crippen molar-refractivity contribution >= 4 is 18.5 Å². The van der Waals surface area contributed by atoms with Crippen molar-refractivity contribution < 1.29 is 14.7 Å². The van der Waals surface area contributed by atoms with Gasteiger partial charge in [0.15, 0.2) is 0 Å². The molecule has 0 aromatic heterocycles. The van der Waals surface area contributed by atoms with Gasteiger partial charge in [-0.3, -0.25) is 0 Å². The first-order valence-corrected chi connectivity index (χ1v) is 15.8. The lowest BCUT2D eigenvalue weighted by atomic mass is 10.3. The molecule has 200 valence electrons. The molecule has 0 spiro atoms. The molecule has 0 aromatic carbocycles. The molecule has 0 saturated heterocycles. The molecule has 0 aliphatic heterocycles. The van der Waals surface area contributed by atoms with E-state index in [1.165, 1.54) is 116 Å². The Hall–Kier alpha value is 0.410. The quantitative estimate of drug-likeness (QED) is 0.106. The summed E-state index contributed by atoms with van der Waals surface area (Å²) in [7, 11) is 0. The van der Waals surface area contributed by atoms with E-state index in [1.807, 2.05) is 0 Å². The lowest BCUT2D eigenvalue weighted by Gasteiger charge is -1.99. The van der Waals surface area contributed by atoms with Crippen LogP contribution in [0.4, 0.5) is 0 Å². The molecule has 32 heavy (non-hydrogen) atoms. The molecule has 0 aliphatic rings. The van der Waals surface area contributed by atoms with E-state index >= 15 is 0 Å². The van der Waals surface area contributed by atoms with E-state index in [2.05, 4.69) is 69.3 Å². The van der Waals surface area contributed by atoms with Gasteiger partial charge >= 0.3 is 6.72 Å². The molecule has 0 aromatic rings. The molecule has 6 nitrogen and oxygen atoms in total. The minimum absolute atomic E-state index is 1.20. The Bertz CT molecular complexity index is 276. The molecule has 0 heterocycles. The predicted octanol–water partition coefficient (Wildman–Crippen LogP) is 5.72. The summed E-state index contributed by atoms with van der Waals surface area (Å²) < 4.78 is 0. The molecule has 0 unspecified atom stereocenters. The van der Waals surface area contributed by atoms with Crippen LogP contribution >= 0.6 is 6.72 Å². The summed E-state index contributed by atoms with van der Waals surface area (Å²) in [6.45, 7) is 16.8. The van der Waals surface area contributed by atoms with Crippen molar-refractivity contribution in [2.75, 3.05) is 39.3 Å². The van der Waals surface area contributed by atoms with Gasteiger partial charge in [0.1, 0.15) is 0 Å². The van der Waals surface area contributed by atoms with Crippen LogP contribution in [0.25, 0.3) is 0 Å². The van der Waals surface area contributed by atoms with Crippen LogP contribution in [-0.4, -0.2) is 53.9 Å². The number of hydrogen-bond donors (Lipinski definition) is 6. The average molecular weight is 502 g/mol. The maximum atomic E-state index is 7.56. The second kappa shape index (κ2) is 38.7. The van der Waals surface area contributed by atoms with Crippen LogP contribution in [-0.2, 0) is 11.8 Å². The molecular weight excluding hydrogens is 441 g/mol. The van der Waals surface area contributed by atoms with Crippen LogP contribution in [0.1, 0.15) is 119 Å². The van der Waals surface area contributed by atoms with Gasteiger partial charge in [0, 0.05) is 0 Å². The fraction of sp³-hybridized carbons (Fsp3) is 1.00. The van der Waals surface area contributed by atoms with Gasteiger partial charge in [-0.1, -0.05) is 80.1 Å². The van der Waals surface area contributed by atoms with Crippen molar-refractivity contribution in [2.24, 2.45) is 0 Å². The van der Waals surface area contributed by atoms with E-state index < -0.39 is 6.72 Å². The zero-order valence-corrected chi connectivity index (χ0v) is 24.1. The van der Waals surface area contributed by atoms with Gasteiger partial charge in [-0.2, -0.15) is 0 Å². The van der Waals surface area contributed by atoms with Gasteiger partial charge in [-0.15, -0.1) is 0 Å². The standard InChI is InChI=1S/3C8H19N.H3O3PS/c3*1-3-5-7-9-8-6-4-2;1-4(2,3)5/h3*9H,3-8H2,1-2H3;(H3,1,2,3,5). The molecular formula is C24H60N3O3PS. The van der Waals surface area contributed by atoms with E-state index in [0.29, 0.717) is 0 Å². The van der Waals surface area contributed by atoms with E-state index in [0.717, 1.165) is 0 Å². The van der Waals surface area contributed by atoms with Crippen LogP contribution in [0.15, 0.2) is 0 Å². The van der Waals surface area contributed by atoms with Crippen molar-refractivity contribution in [1.29, 1.82) is 0 Å². The second-order valence-corrected chi connectivity index (χ2v) is 10.4. The third-order valence-electron chi connectivity index (χ3n) is 4.24. The molecule has 0 atom stereocenters. The minimum Gasteiger partial charge on any atom is -0.325 e.